The zero-order chi connectivity index (χ0) is 16.8. The van der Waals surface area contributed by atoms with Crippen LogP contribution in [0.3, 0.4) is 0 Å². The van der Waals surface area contributed by atoms with Crippen molar-refractivity contribution in [2.24, 2.45) is 0 Å². The van der Waals surface area contributed by atoms with Crippen molar-refractivity contribution in [2.75, 3.05) is 27.3 Å². The first-order chi connectivity index (χ1) is 10.2. The lowest BCUT2D eigenvalue weighted by Crippen LogP contribution is -2.41. The molecule has 22 heavy (non-hydrogen) atoms. The minimum absolute atomic E-state index is 0.0861. The first-order valence-corrected chi connectivity index (χ1v) is 6.85. The number of rotatable bonds is 7. The molecule has 0 radical (unpaired) electrons. The fourth-order valence-corrected chi connectivity index (χ4v) is 2.02. The third kappa shape index (κ3) is 6.44. The van der Waals surface area contributed by atoms with Gasteiger partial charge in [-0.05, 0) is 31.7 Å². The van der Waals surface area contributed by atoms with Gasteiger partial charge in [0.1, 0.15) is 0 Å². The lowest BCUT2D eigenvalue weighted by atomic mass is 10.1. The second kappa shape index (κ2) is 8.14. The molecule has 1 rings (SSSR count). The molecule has 0 fully saturated rings. The van der Waals surface area contributed by atoms with Crippen molar-refractivity contribution in [3.8, 4) is 0 Å². The number of carbonyl (C=O) groups is 1. The zero-order valence-corrected chi connectivity index (χ0v) is 12.9. The Morgan fingerprint density at radius 1 is 1.32 bits per heavy atom. The lowest BCUT2D eigenvalue weighted by Gasteiger charge is -2.19. The van der Waals surface area contributed by atoms with Gasteiger partial charge in [0.25, 0.3) is 0 Å². The summed E-state index contributed by atoms with van der Waals surface area (Å²) >= 11 is 0. The van der Waals surface area contributed by atoms with Crippen molar-refractivity contribution >= 4 is 5.91 Å². The number of alkyl halides is 3. The van der Waals surface area contributed by atoms with Gasteiger partial charge in [0.15, 0.2) is 0 Å². The Morgan fingerprint density at radius 2 is 1.91 bits per heavy atom. The van der Waals surface area contributed by atoms with E-state index in [0.717, 1.165) is 12.1 Å². The topological polar surface area (TPSA) is 41.6 Å². The minimum atomic E-state index is -4.33. The Balaban J connectivity index is 2.48. The summed E-state index contributed by atoms with van der Waals surface area (Å²) < 4.78 is 42.3. The van der Waals surface area contributed by atoms with E-state index in [-0.39, 0.29) is 18.5 Å². The number of hydrogen-bond donors (Lipinski definition) is 1. The molecule has 4 nitrogen and oxygen atoms in total. The maximum absolute atomic E-state index is 12.5. The van der Waals surface area contributed by atoms with Crippen molar-refractivity contribution in [3.05, 3.63) is 35.4 Å². The average Bonchev–Trinajstić information content (AvgIpc) is 2.37. The van der Waals surface area contributed by atoms with Gasteiger partial charge in [0.2, 0.25) is 5.91 Å². The van der Waals surface area contributed by atoms with Gasteiger partial charge in [-0.15, -0.1) is 0 Å². The standard InChI is InChI=1S/C15H21F3N2O2/c1-11(10-22-3)19-14(21)9-20(2)8-12-4-6-13(7-5-12)15(16,17)18/h4-7,11H,8-10H2,1-3H3,(H,19,21). The van der Waals surface area contributed by atoms with Crippen LogP contribution in [-0.2, 0) is 22.3 Å². The highest BCUT2D eigenvalue weighted by molar-refractivity contribution is 5.78. The second-order valence-electron chi connectivity index (χ2n) is 5.29. The quantitative estimate of drug-likeness (QED) is 0.839. The van der Waals surface area contributed by atoms with E-state index in [1.807, 2.05) is 6.92 Å². The molecule has 0 aromatic heterocycles. The molecule has 1 aromatic carbocycles. The third-order valence-corrected chi connectivity index (χ3v) is 2.97. The Labute approximate surface area is 128 Å². The molecule has 0 saturated heterocycles. The van der Waals surface area contributed by atoms with Crippen LogP contribution in [0.15, 0.2) is 24.3 Å². The summed E-state index contributed by atoms with van der Waals surface area (Å²) in [5, 5.41) is 2.77. The van der Waals surface area contributed by atoms with E-state index >= 15 is 0 Å². The maximum atomic E-state index is 12.5. The largest absolute Gasteiger partial charge is 0.416 e. The lowest BCUT2D eigenvalue weighted by molar-refractivity contribution is -0.137. The first kappa shape index (κ1) is 18.4. The molecule has 0 bridgehead atoms. The van der Waals surface area contributed by atoms with Crippen LogP contribution in [0.5, 0.6) is 0 Å². The molecule has 1 aromatic rings. The van der Waals surface area contributed by atoms with Gasteiger partial charge in [-0.25, -0.2) is 0 Å². The van der Waals surface area contributed by atoms with E-state index in [9.17, 15) is 18.0 Å². The van der Waals surface area contributed by atoms with E-state index in [1.165, 1.54) is 12.1 Å². The summed E-state index contributed by atoms with van der Waals surface area (Å²) in [6.45, 7) is 2.81. The highest BCUT2D eigenvalue weighted by atomic mass is 19.4. The fraction of sp³-hybridized carbons (Fsp3) is 0.533. The summed E-state index contributed by atoms with van der Waals surface area (Å²) in [4.78, 5) is 13.5. The van der Waals surface area contributed by atoms with Crippen molar-refractivity contribution in [3.63, 3.8) is 0 Å². The number of carbonyl (C=O) groups excluding carboxylic acids is 1. The van der Waals surface area contributed by atoms with Gasteiger partial charge in [-0.3, -0.25) is 9.69 Å². The fourth-order valence-electron chi connectivity index (χ4n) is 2.02. The Bertz CT molecular complexity index is 475. The van der Waals surface area contributed by atoms with Crippen LogP contribution in [0.4, 0.5) is 13.2 Å². The highest BCUT2D eigenvalue weighted by Gasteiger charge is 2.29. The summed E-state index contributed by atoms with van der Waals surface area (Å²) in [5.41, 5.74) is 0.0401. The van der Waals surface area contributed by atoms with Crippen LogP contribution in [0.2, 0.25) is 0 Å². The third-order valence-electron chi connectivity index (χ3n) is 2.97. The van der Waals surface area contributed by atoms with E-state index in [4.69, 9.17) is 4.74 Å². The smallest absolute Gasteiger partial charge is 0.383 e. The molecule has 1 N–H and O–H groups in total. The van der Waals surface area contributed by atoms with Crippen molar-refractivity contribution in [2.45, 2.75) is 25.7 Å². The number of nitrogens with one attached hydrogen (secondary N) is 1. The van der Waals surface area contributed by atoms with Crippen molar-refractivity contribution < 1.29 is 22.7 Å². The SMILES string of the molecule is COCC(C)NC(=O)CN(C)Cc1ccc(C(F)(F)F)cc1. The number of benzene rings is 1. The number of amides is 1. The first-order valence-electron chi connectivity index (χ1n) is 6.85. The number of likely N-dealkylation sites (N-methyl/N-ethyl adjacent to an activating group) is 1. The van der Waals surface area contributed by atoms with Gasteiger partial charge in [-0.2, -0.15) is 13.2 Å². The van der Waals surface area contributed by atoms with E-state index < -0.39 is 11.7 Å². The number of halogens is 3. The highest BCUT2D eigenvalue weighted by Crippen LogP contribution is 2.29. The van der Waals surface area contributed by atoms with Crippen LogP contribution in [0.25, 0.3) is 0 Å². The number of hydrogen-bond acceptors (Lipinski definition) is 3. The minimum Gasteiger partial charge on any atom is -0.383 e. The van der Waals surface area contributed by atoms with Gasteiger partial charge >= 0.3 is 6.18 Å². The molecule has 1 amide bonds. The summed E-state index contributed by atoms with van der Waals surface area (Å²) in [6.07, 6.45) is -4.33. The summed E-state index contributed by atoms with van der Waals surface area (Å²) in [7, 11) is 3.29. The Morgan fingerprint density at radius 3 is 2.41 bits per heavy atom. The predicted octanol–water partition coefficient (Wildman–Crippen LogP) is 2.29. The number of ether oxygens (including phenoxy) is 1. The number of nitrogens with zero attached hydrogens (tertiary/aromatic N) is 1. The molecule has 1 atom stereocenters. The normalized spacial score (nSPS) is 13.2. The molecule has 0 aliphatic carbocycles. The molecule has 7 heteroatoms. The molecule has 0 saturated carbocycles. The van der Waals surface area contributed by atoms with Crippen LogP contribution in [0, 0.1) is 0 Å². The molecule has 0 heterocycles. The van der Waals surface area contributed by atoms with E-state index in [0.29, 0.717) is 18.7 Å². The average molecular weight is 318 g/mol. The molecule has 0 aliphatic heterocycles. The summed E-state index contributed by atoms with van der Waals surface area (Å²) in [6, 6.07) is 4.85. The van der Waals surface area contributed by atoms with Gasteiger partial charge < -0.3 is 10.1 Å². The Kier molecular flexibility index (Phi) is 6.83. The van der Waals surface area contributed by atoms with Crippen LogP contribution >= 0.6 is 0 Å². The predicted molar refractivity (Wildman–Crippen MR) is 77.3 cm³/mol. The molecule has 0 spiro atoms. The molecular formula is C15H21F3N2O2. The van der Waals surface area contributed by atoms with Crippen LogP contribution < -0.4 is 5.32 Å². The Hall–Kier alpha value is -1.60. The van der Waals surface area contributed by atoms with E-state index in [1.54, 1.807) is 19.1 Å². The zero-order valence-electron chi connectivity index (χ0n) is 12.9. The second-order valence-corrected chi connectivity index (χ2v) is 5.29. The van der Waals surface area contributed by atoms with Gasteiger partial charge in [0, 0.05) is 19.7 Å². The number of methoxy groups -OCH3 is 1. The van der Waals surface area contributed by atoms with Crippen molar-refractivity contribution in [1.29, 1.82) is 0 Å². The van der Waals surface area contributed by atoms with Gasteiger partial charge in [-0.1, -0.05) is 12.1 Å². The molecule has 0 aliphatic rings. The van der Waals surface area contributed by atoms with E-state index in [2.05, 4.69) is 5.32 Å². The molecular weight excluding hydrogens is 297 g/mol. The maximum Gasteiger partial charge on any atom is 0.416 e. The monoisotopic (exact) mass is 318 g/mol. The molecule has 124 valence electrons. The van der Waals surface area contributed by atoms with Crippen LogP contribution in [-0.4, -0.2) is 44.2 Å². The summed E-state index contributed by atoms with van der Waals surface area (Å²) in [5.74, 6) is -0.154. The van der Waals surface area contributed by atoms with Crippen molar-refractivity contribution in [1.82, 2.24) is 10.2 Å². The van der Waals surface area contributed by atoms with Gasteiger partial charge in [0.05, 0.1) is 18.7 Å². The molecule has 1 unspecified atom stereocenters. The van der Waals surface area contributed by atoms with Crippen LogP contribution in [0.1, 0.15) is 18.1 Å².